The monoisotopic (exact) mass is 372 g/mol. The standard InChI is InChI=1S/C20H25ClN4O/c1-24(13-16-4-3-8-22-11-16)15-20(26)23-12-17-7-9-25(14-17)19-6-2-5-18(21)10-19/h2-6,8,10-11,17H,7,9,12-15H2,1H3,(H,23,26). The van der Waals surface area contributed by atoms with E-state index in [1.807, 2.05) is 48.5 Å². The molecular formula is C20H25ClN4O. The zero-order valence-electron chi connectivity index (χ0n) is 15.1. The minimum atomic E-state index is 0.0672. The molecule has 0 spiro atoms. The minimum absolute atomic E-state index is 0.0672. The molecule has 3 rings (SSSR count). The van der Waals surface area contributed by atoms with Crippen molar-refractivity contribution in [2.45, 2.75) is 13.0 Å². The van der Waals surface area contributed by atoms with Gasteiger partial charge in [-0.15, -0.1) is 0 Å². The zero-order chi connectivity index (χ0) is 18.4. The summed E-state index contributed by atoms with van der Waals surface area (Å²) in [7, 11) is 1.95. The molecule has 1 aliphatic heterocycles. The molecule has 2 heterocycles. The van der Waals surface area contributed by atoms with Gasteiger partial charge in [-0.25, -0.2) is 0 Å². The predicted molar refractivity (Wildman–Crippen MR) is 105 cm³/mol. The summed E-state index contributed by atoms with van der Waals surface area (Å²) in [4.78, 5) is 20.6. The highest BCUT2D eigenvalue weighted by Gasteiger charge is 2.23. The van der Waals surface area contributed by atoms with Crippen LogP contribution >= 0.6 is 11.6 Å². The van der Waals surface area contributed by atoms with Gasteiger partial charge in [0.15, 0.2) is 0 Å². The lowest BCUT2D eigenvalue weighted by molar-refractivity contribution is -0.122. The first kappa shape index (κ1) is 18.7. The summed E-state index contributed by atoms with van der Waals surface area (Å²) in [5.74, 6) is 0.541. The first-order valence-electron chi connectivity index (χ1n) is 8.95. The number of pyridine rings is 1. The molecule has 5 nitrogen and oxygen atoms in total. The van der Waals surface area contributed by atoms with Gasteiger partial charge >= 0.3 is 0 Å². The van der Waals surface area contributed by atoms with Gasteiger partial charge in [-0.3, -0.25) is 14.7 Å². The topological polar surface area (TPSA) is 48.5 Å². The van der Waals surface area contributed by atoms with E-state index in [2.05, 4.69) is 21.3 Å². The number of anilines is 1. The second-order valence-corrected chi connectivity index (χ2v) is 7.35. The van der Waals surface area contributed by atoms with Crippen LogP contribution in [0.3, 0.4) is 0 Å². The van der Waals surface area contributed by atoms with Crippen molar-refractivity contribution in [1.29, 1.82) is 0 Å². The van der Waals surface area contributed by atoms with Gasteiger partial charge < -0.3 is 10.2 Å². The number of benzene rings is 1. The highest BCUT2D eigenvalue weighted by molar-refractivity contribution is 6.30. The van der Waals surface area contributed by atoms with Crippen molar-refractivity contribution in [2.75, 3.05) is 38.1 Å². The number of carbonyl (C=O) groups is 1. The first-order valence-corrected chi connectivity index (χ1v) is 9.32. The zero-order valence-corrected chi connectivity index (χ0v) is 15.8. The van der Waals surface area contributed by atoms with Gasteiger partial charge in [0, 0.05) is 49.3 Å². The molecule has 138 valence electrons. The molecular weight excluding hydrogens is 348 g/mol. The lowest BCUT2D eigenvalue weighted by atomic mass is 10.1. The van der Waals surface area contributed by atoms with Crippen molar-refractivity contribution in [2.24, 2.45) is 5.92 Å². The fraction of sp³-hybridized carbons (Fsp3) is 0.400. The molecule has 1 aromatic carbocycles. The molecule has 1 N–H and O–H groups in total. The third-order valence-electron chi connectivity index (χ3n) is 4.64. The Kier molecular flexibility index (Phi) is 6.47. The van der Waals surface area contributed by atoms with Crippen molar-refractivity contribution in [3.63, 3.8) is 0 Å². The number of amides is 1. The van der Waals surface area contributed by atoms with Crippen molar-refractivity contribution < 1.29 is 4.79 Å². The molecule has 0 saturated carbocycles. The normalized spacial score (nSPS) is 16.9. The van der Waals surface area contributed by atoms with Crippen LogP contribution in [0.2, 0.25) is 5.02 Å². The number of carbonyl (C=O) groups excluding carboxylic acids is 1. The average molecular weight is 373 g/mol. The maximum absolute atomic E-state index is 12.2. The van der Waals surface area contributed by atoms with E-state index in [0.29, 0.717) is 19.0 Å². The molecule has 0 bridgehead atoms. The van der Waals surface area contributed by atoms with Crippen LogP contribution in [-0.2, 0) is 11.3 Å². The molecule has 1 unspecified atom stereocenters. The van der Waals surface area contributed by atoms with E-state index in [1.54, 1.807) is 6.20 Å². The Bertz CT molecular complexity index is 725. The Morgan fingerprint density at radius 1 is 1.38 bits per heavy atom. The van der Waals surface area contributed by atoms with Crippen LogP contribution in [0, 0.1) is 5.92 Å². The van der Waals surface area contributed by atoms with E-state index < -0.39 is 0 Å². The molecule has 1 atom stereocenters. The van der Waals surface area contributed by atoms with Gasteiger partial charge in [-0.1, -0.05) is 23.7 Å². The Morgan fingerprint density at radius 2 is 2.27 bits per heavy atom. The lowest BCUT2D eigenvalue weighted by Crippen LogP contribution is -2.37. The lowest BCUT2D eigenvalue weighted by Gasteiger charge is -2.20. The number of nitrogens with zero attached hydrogens (tertiary/aromatic N) is 3. The van der Waals surface area contributed by atoms with Gasteiger partial charge in [0.2, 0.25) is 5.91 Å². The van der Waals surface area contributed by atoms with Crippen molar-refractivity contribution in [3.05, 3.63) is 59.4 Å². The van der Waals surface area contributed by atoms with Crippen molar-refractivity contribution in [3.8, 4) is 0 Å². The summed E-state index contributed by atoms with van der Waals surface area (Å²) < 4.78 is 0. The minimum Gasteiger partial charge on any atom is -0.371 e. The molecule has 1 amide bonds. The highest BCUT2D eigenvalue weighted by Crippen LogP contribution is 2.25. The predicted octanol–water partition coefficient (Wildman–Crippen LogP) is 2.81. The Hall–Kier alpha value is -2.11. The van der Waals surface area contributed by atoms with Gasteiger partial charge in [0.1, 0.15) is 0 Å². The number of likely N-dealkylation sites (N-methyl/N-ethyl adjacent to an activating group) is 1. The van der Waals surface area contributed by atoms with Crippen LogP contribution in [0.5, 0.6) is 0 Å². The van der Waals surface area contributed by atoms with Crippen molar-refractivity contribution in [1.82, 2.24) is 15.2 Å². The van der Waals surface area contributed by atoms with Crippen LogP contribution in [-0.4, -0.2) is 49.0 Å². The van der Waals surface area contributed by atoms with Gasteiger partial charge in [-0.05, 0) is 49.2 Å². The molecule has 2 aromatic rings. The summed E-state index contributed by atoms with van der Waals surface area (Å²) in [6.07, 6.45) is 4.67. The molecule has 0 aliphatic carbocycles. The van der Waals surface area contributed by atoms with E-state index in [1.165, 1.54) is 0 Å². The van der Waals surface area contributed by atoms with Gasteiger partial charge in [0.05, 0.1) is 6.54 Å². The summed E-state index contributed by atoms with van der Waals surface area (Å²) in [5.41, 5.74) is 2.26. The fourth-order valence-corrected chi connectivity index (χ4v) is 3.51. The van der Waals surface area contributed by atoms with Crippen LogP contribution < -0.4 is 10.2 Å². The molecule has 1 aromatic heterocycles. The maximum atomic E-state index is 12.2. The molecule has 26 heavy (non-hydrogen) atoms. The van der Waals surface area contributed by atoms with E-state index in [9.17, 15) is 4.79 Å². The number of hydrogen-bond acceptors (Lipinski definition) is 4. The maximum Gasteiger partial charge on any atom is 0.234 e. The van der Waals surface area contributed by atoms with Gasteiger partial charge in [-0.2, -0.15) is 0 Å². The molecule has 0 radical (unpaired) electrons. The summed E-state index contributed by atoms with van der Waals surface area (Å²) in [5, 5.41) is 3.84. The number of nitrogens with one attached hydrogen (secondary N) is 1. The Labute approximate surface area is 160 Å². The largest absolute Gasteiger partial charge is 0.371 e. The Morgan fingerprint density at radius 3 is 3.04 bits per heavy atom. The molecule has 6 heteroatoms. The first-order chi connectivity index (χ1) is 12.6. The quantitative estimate of drug-likeness (QED) is 0.812. The van der Waals surface area contributed by atoms with Crippen molar-refractivity contribution >= 4 is 23.2 Å². The number of aromatic nitrogens is 1. The molecule has 1 fully saturated rings. The third-order valence-corrected chi connectivity index (χ3v) is 4.87. The second-order valence-electron chi connectivity index (χ2n) is 6.92. The number of halogens is 1. The van der Waals surface area contributed by atoms with E-state index in [0.717, 1.165) is 42.3 Å². The second kappa shape index (κ2) is 9.01. The average Bonchev–Trinajstić information content (AvgIpc) is 3.10. The summed E-state index contributed by atoms with van der Waals surface area (Å²) in [6.45, 7) is 3.78. The molecule has 1 aliphatic rings. The van der Waals surface area contributed by atoms with E-state index in [4.69, 9.17) is 11.6 Å². The summed E-state index contributed by atoms with van der Waals surface area (Å²) >= 11 is 6.08. The van der Waals surface area contributed by atoms with E-state index in [-0.39, 0.29) is 5.91 Å². The van der Waals surface area contributed by atoms with Gasteiger partial charge in [0.25, 0.3) is 0 Å². The number of rotatable bonds is 7. The van der Waals surface area contributed by atoms with Crippen LogP contribution in [0.15, 0.2) is 48.8 Å². The van der Waals surface area contributed by atoms with Crippen LogP contribution in [0.25, 0.3) is 0 Å². The smallest absolute Gasteiger partial charge is 0.234 e. The summed E-state index contributed by atoms with van der Waals surface area (Å²) in [6, 6.07) is 11.9. The van der Waals surface area contributed by atoms with E-state index >= 15 is 0 Å². The third kappa shape index (κ3) is 5.44. The van der Waals surface area contributed by atoms with Crippen LogP contribution in [0.1, 0.15) is 12.0 Å². The Balaban J connectivity index is 1.39. The molecule has 1 saturated heterocycles. The number of hydrogen-bond donors (Lipinski definition) is 1. The highest BCUT2D eigenvalue weighted by atomic mass is 35.5. The SMILES string of the molecule is CN(CC(=O)NCC1CCN(c2cccc(Cl)c2)C1)Cc1cccnc1. The fourth-order valence-electron chi connectivity index (χ4n) is 3.33. The van der Waals surface area contributed by atoms with Crippen LogP contribution in [0.4, 0.5) is 5.69 Å².